The summed E-state index contributed by atoms with van der Waals surface area (Å²) in [6, 6.07) is 4.21. The van der Waals surface area contributed by atoms with Gasteiger partial charge in [-0.1, -0.05) is 18.3 Å². The molecule has 5 nitrogen and oxygen atoms in total. The third kappa shape index (κ3) is 3.76. The van der Waals surface area contributed by atoms with Crippen molar-refractivity contribution in [1.82, 2.24) is 10.2 Å². The van der Waals surface area contributed by atoms with E-state index >= 15 is 0 Å². The molecule has 0 radical (unpaired) electrons. The highest BCUT2D eigenvalue weighted by atomic mass is 32.1. The molecule has 1 aliphatic carbocycles. The second-order valence-corrected chi connectivity index (χ2v) is 5.68. The molecule has 0 bridgehead atoms. The summed E-state index contributed by atoms with van der Waals surface area (Å²) in [6.45, 7) is 6.03. The molecule has 1 N–H and O–H groups in total. The fourth-order valence-electron chi connectivity index (χ4n) is 2.03. The van der Waals surface area contributed by atoms with Crippen molar-refractivity contribution in [3.8, 4) is 0 Å². The van der Waals surface area contributed by atoms with Crippen molar-refractivity contribution in [2.24, 2.45) is 0 Å². The zero-order valence-electron chi connectivity index (χ0n) is 10.6. The Bertz CT molecular complexity index is 404. The van der Waals surface area contributed by atoms with Gasteiger partial charge in [0.05, 0.1) is 4.92 Å². The molecule has 6 heteroatoms. The summed E-state index contributed by atoms with van der Waals surface area (Å²) in [5, 5.41) is 14.1. The van der Waals surface area contributed by atoms with Crippen LogP contribution in [0.5, 0.6) is 0 Å². The number of nitrogens with one attached hydrogen (secondary N) is 1. The van der Waals surface area contributed by atoms with Gasteiger partial charge in [0.25, 0.3) is 0 Å². The van der Waals surface area contributed by atoms with Crippen LogP contribution < -0.4 is 5.32 Å². The van der Waals surface area contributed by atoms with Gasteiger partial charge in [-0.3, -0.25) is 15.0 Å². The lowest BCUT2D eigenvalue weighted by Gasteiger charge is -2.19. The second-order valence-electron chi connectivity index (χ2n) is 4.53. The van der Waals surface area contributed by atoms with E-state index in [0.717, 1.165) is 37.1 Å². The summed E-state index contributed by atoms with van der Waals surface area (Å²) in [5.74, 6) is 0. The number of hydrogen-bond donors (Lipinski definition) is 1. The van der Waals surface area contributed by atoms with Gasteiger partial charge in [-0.05, 0) is 25.5 Å². The molecule has 1 aliphatic rings. The lowest BCUT2D eigenvalue weighted by molar-refractivity contribution is -0.380. The van der Waals surface area contributed by atoms with Crippen LogP contribution in [-0.4, -0.2) is 35.5 Å². The first kappa shape index (κ1) is 13.5. The van der Waals surface area contributed by atoms with Crippen molar-refractivity contribution in [3.63, 3.8) is 0 Å². The topological polar surface area (TPSA) is 58.4 Å². The van der Waals surface area contributed by atoms with Crippen LogP contribution in [0.25, 0.3) is 0 Å². The summed E-state index contributed by atoms with van der Waals surface area (Å²) in [5.41, 5.74) is 0. The standard InChI is InChI=1S/C12H19N3O2S/c1-2-14(10-3-4-10)8-7-13-9-11-5-6-12(18-11)15(16)17/h5-6,10,13H,2-4,7-9H2,1H3. The van der Waals surface area contributed by atoms with E-state index in [2.05, 4.69) is 17.1 Å². The Morgan fingerprint density at radius 1 is 1.56 bits per heavy atom. The lowest BCUT2D eigenvalue weighted by atomic mass is 10.4. The third-order valence-electron chi connectivity index (χ3n) is 3.17. The molecule has 2 rings (SSSR count). The van der Waals surface area contributed by atoms with Crippen LogP contribution in [0.4, 0.5) is 5.00 Å². The number of rotatable bonds is 8. The fraction of sp³-hybridized carbons (Fsp3) is 0.667. The van der Waals surface area contributed by atoms with Crippen molar-refractivity contribution in [2.75, 3.05) is 19.6 Å². The molecule has 1 heterocycles. The van der Waals surface area contributed by atoms with Crippen LogP contribution in [-0.2, 0) is 6.54 Å². The monoisotopic (exact) mass is 269 g/mol. The molecule has 0 spiro atoms. The van der Waals surface area contributed by atoms with Gasteiger partial charge in [-0.15, -0.1) is 0 Å². The van der Waals surface area contributed by atoms with E-state index in [1.807, 2.05) is 6.07 Å². The minimum Gasteiger partial charge on any atom is -0.311 e. The minimum absolute atomic E-state index is 0.222. The summed E-state index contributed by atoms with van der Waals surface area (Å²) in [7, 11) is 0. The van der Waals surface area contributed by atoms with Crippen molar-refractivity contribution >= 4 is 16.3 Å². The highest BCUT2D eigenvalue weighted by molar-refractivity contribution is 7.15. The number of thiophene rings is 1. The first-order valence-electron chi connectivity index (χ1n) is 6.38. The quantitative estimate of drug-likeness (QED) is 0.446. The summed E-state index contributed by atoms with van der Waals surface area (Å²) >= 11 is 1.25. The molecule has 0 aromatic carbocycles. The predicted molar refractivity (Wildman–Crippen MR) is 72.9 cm³/mol. The number of likely N-dealkylation sites (N-methyl/N-ethyl adjacent to an activating group) is 1. The first-order chi connectivity index (χ1) is 8.70. The summed E-state index contributed by atoms with van der Waals surface area (Å²) in [6.07, 6.45) is 2.68. The van der Waals surface area contributed by atoms with Gasteiger partial charge in [-0.25, -0.2) is 0 Å². The van der Waals surface area contributed by atoms with E-state index in [-0.39, 0.29) is 9.92 Å². The first-order valence-corrected chi connectivity index (χ1v) is 7.20. The van der Waals surface area contributed by atoms with E-state index in [9.17, 15) is 10.1 Å². The van der Waals surface area contributed by atoms with Gasteiger partial charge in [0.2, 0.25) is 0 Å². The molecule has 0 saturated heterocycles. The predicted octanol–water partition coefficient (Wildman–Crippen LogP) is 2.23. The van der Waals surface area contributed by atoms with Crippen molar-refractivity contribution in [1.29, 1.82) is 0 Å². The van der Waals surface area contributed by atoms with Gasteiger partial charge in [0.15, 0.2) is 0 Å². The largest absolute Gasteiger partial charge is 0.324 e. The Kier molecular flexibility index (Phi) is 4.68. The van der Waals surface area contributed by atoms with Gasteiger partial charge in [0, 0.05) is 36.6 Å². The molecule has 100 valence electrons. The maximum atomic E-state index is 10.5. The Morgan fingerprint density at radius 2 is 2.33 bits per heavy atom. The Hall–Kier alpha value is -0.980. The zero-order chi connectivity index (χ0) is 13.0. The SMILES string of the molecule is CCN(CCNCc1ccc([N+](=O)[O-])s1)C1CC1. The Balaban J connectivity index is 1.66. The maximum Gasteiger partial charge on any atom is 0.324 e. The zero-order valence-corrected chi connectivity index (χ0v) is 11.4. The van der Waals surface area contributed by atoms with E-state index in [1.54, 1.807) is 6.07 Å². The fourth-order valence-corrected chi connectivity index (χ4v) is 2.82. The van der Waals surface area contributed by atoms with Crippen LogP contribution in [0.1, 0.15) is 24.6 Å². The molecule has 0 amide bonds. The average Bonchev–Trinajstić information content (AvgIpc) is 3.07. The Labute approximate surface area is 111 Å². The van der Waals surface area contributed by atoms with Crippen molar-refractivity contribution in [3.05, 3.63) is 27.1 Å². The number of nitrogens with zero attached hydrogens (tertiary/aromatic N) is 2. The molecule has 18 heavy (non-hydrogen) atoms. The lowest BCUT2D eigenvalue weighted by Crippen LogP contribution is -2.33. The molecular formula is C12H19N3O2S. The van der Waals surface area contributed by atoms with E-state index in [4.69, 9.17) is 0 Å². The molecule has 1 fully saturated rings. The van der Waals surface area contributed by atoms with E-state index in [1.165, 1.54) is 24.2 Å². The highest BCUT2D eigenvalue weighted by Crippen LogP contribution is 2.26. The van der Waals surface area contributed by atoms with Gasteiger partial charge in [-0.2, -0.15) is 0 Å². The van der Waals surface area contributed by atoms with Crippen LogP contribution in [0.3, 0.4) is 0 Å². The summed E-state index contributed by atoms with van der Waals surface area (Å²) in [4.78, 5) is 13.7. The molecule has 1 aromatic rings. The van der Waals surface area contributed by atoms with Gasteiger partial charge in [0.1, 0.15) is 0 Å². The normalized spacial score (nSPS) is 15.2. The van der Waals surface area contributed by atoms with Crippen LogP contribution in [0.2, 0.25) is 0 Å². The summed E-state index contributed by atoms with van der Waals surface area (Å²) < 4.78 is 0. The van der Waals surface area contributed by atoms with E-state index in [0.29, 0.717) is 0 Å². The molecule has 0 atom stereocenters. The van der Waals surface area contributed by atoms with Crippen LogP contribution in [0.15, 0.2) is 12.1 Å². The minimum atomic E-state index is -0.333. The average molecular weight is 269 g/mol. The van der Waals surface area contributed by atoms with Gasteiger partial charge < -0.3 is 5.32 Å². The molecule has 0 unspecified atom stereocenters. The second kappa shape index (κ2) is 6.26. The van der Waals surface area contributed by atoms with Crippen molar-refractivity contribution < 1.29 is 4.92 Å². The Morgan fingerprint density at radius 3 is 2.89 bits per heavy atom. The van der Waals surface area contributed by atoms with Gasteiger partial charge >= 0.3 is 5.00 Å². The van der Waals surface area contributed by atoms with E-state index < -0.39 is 0 Å². The molecule has 0 aliphatic heterocycles. The number of hydrogen-bond acceptors (Lipinski definition) is 5. The molecule has 1 aromatic heterocycles. The third-order valence-corrected chi connectivity index (χ3v) is 4.21. The molecule has 1 saturated carbocycles. The van der Waals surface area contributed by atoms with Crippen molar-refractivity contribution in [2.45, 2.75) is 32.4 Å². The molecular weight excluding hydrogens is 250 g/mol. The van der Waals surface area contributed by atoms with Crippen LogP contribution >= 0.6 is 11.3 Å². The number of nitro groups is 1. The smallest absolute Gasteiger partial charge is 0.311 e. The highest BCUT2D eigenvalue weighted by Gasteiger charge is 2.26. The maximum absolute atomic E-state index is 10.5. The van der Waals surface area contributed by atoms with Crippen LogP contribution in [0, 0.1) is 10.1 Å².